The number of nitrogens with one attached hydrogen (secondary N) is 1. The van der Waals surface area contributed by atoms with Gasteiger partial charge in [0.05, 0.1) is 24.9 Å². The first-order valence-electron chi connectivity index (χ1n) is 8.30. The molecular formula is C20H24ClNO4. The zero-order valence-electron chi connectivity index (χ0n) is 15.7. The number of anilines is 1. The van der Waals surface area contributed by atoms with Crippen molar-refractivity contribution in [2.45, 2.75) is 26.7 Å². The van der Waals surface area contributed by atoms with Crippen LogP contribution in [-0.4, -0.2) is 26.7 Å². The zero-order chi connectivity index (χ0) is 19.3. The predicted molar refractivity (Wildman–Crippen MR) is 104 cm³/mol. The number of benzene rings is 2. The van der Waals surface area contributed by atoms with Crippen LogP contribution in [0.3, 0.4) is 0 Å². The van der Waals surface area contributed by atoms with Crippen LogP contribution in [0.4, 0.5) is 5.69 Å². The fourth-order valence-electron chi connectivity index (χ4n) is 2.53. The third-order valence-corrected chi connectivity index (χ3v) is 4.19. The average Bonchev–Trinajstić information content (AvgIpc) is 2.60. The standard InChI is InChI=1S/C20H24ClNO4/c1-12(2)14-7-6-13(3)8-17(14)26-11-20(23)22-16-9-15(21)18(24-4)10-19(16)25-5/h6-10,12H,11H2,1-5H3,(H,22,23). The smallest absolute Gasteiger partial charge is 0.262 e. The van der Waals surface area contributed by atoms with Crippen molar-refractivity contribution >= 4 is 23.2 Å². The Morgan fingerprint density at radius 3 is 2.38 bits per heavy atom. The van der Waals surface area contributed by atoms with Gasteiger partial charge in [-0.2, -0.15) is 0 Å². The molecule has 0 fully saturated rings. The minimum atomic E-state index is -0.305. The van der Waals surface area contributed by atoms with Crippen molar-refractivity contribution in [1.29, 1.82) is 0 Å². The van der Waals surface area contributed by atoms with Gasteiger partial charge in [0.1, 0.15) is 17.2 Å². The highest BCUT2D eigenvalue weighted by Gasteiger charge is 2.14. The molecule has 5 nitrogen and oxygen atoms in total. The van der Waals surface area contributed by atoms with E-state index in [9.17, 15) is 4.79 Å². The van der Waals surface area contributed by atoms with Crippen molar-refractivity contribution in [3.8, 4) is 17.2 Å². The number of hydrogen-bond acceptors (Lipinski definition) is 4. The molecule has 0 spiro atoms. The average molecular weight is 378 g/mol. The van der Waals surface area contributed by atoms with Gasteiger partial charge in [-0.3, -0.25) is 4.79 Å². The van der Waals surface area contributed by atoms with Crippen LogP contribution in [0, 0.1) is 6.92 Å². The summed E-state index contributed by atoms with van der Waals surface area (Å²) in [6.07, 6.45) is 0. The van der Waals surface area contributed by atoms with Gasteiger partial charge in [0.15, 0.2) is 6.61 Å². The molecule has 0 radical (unpaired) electrons. The SMILES string of the molecule is COc1cc(OC)c(NC(=O)COc2cc(C)ccc2C(C)C)cc1Cl. The molecule has 0 heterocycles. The second-order valence-electron chi connectivity index (χ2n) is 6.22. The maximum atomic E-state index is 12.3. The van der Waals surface area contributed by atoms with Gasteiger partial charge in [-0.1, -0.05) is 37.6 Å². The number of amides is 1. The Bertz CT molecular complexity index is 790. The molecule has 0 unspecified atom stereocenters. The van der Waals surface area contributed by atoms with Gasteiger partial charge in [0, 0.05) is 6.07 Å². The van der Waals surface area contributed by atoms with Gasteiger partial charge in [-0.25, -0.2) is 0 Å². The fourth-order valence-corrected chi connectivity index (χ4v) is 2.77. The summed E-state index contributed by atoms with van der Waals surface area (Å²) in [7, 11) is 3.03. The molecule has 0 saturated carbocycles. The third kappa shape index (κ3) is 4.82. The summed E-state index contributed by atoms with van der Waals surface area (Å²) < 4.78 is 16.2. The summed E-state index contributed by atoms with van der Waals surface area (Å²) in [6.45, 7) is 6.04. The lowest BCUT2D eigenvalue weighted by Gasteiger charge is -2.16. The van der Waals surface area contributed by atoms with Crippen LogP contribution >= 0.6 is 11.6 Å². The molecule has 0 atom stereocenters. The second-order valence-corrected chi connectivity index (χ2v) is 6.63. The van der Waals surface area contributed by atoms with E-state index >= 15 is 0 Å². The lowest BCUT2D eigenvalue weighted by atomic mass is 10.0. The van der Waals surface area contributed by atoms with E-state index in [-0.39, 0.29) is 12.5 Å². The molecular weight excluding hydrogens is 354 g/mol. The molecule has 0 aliphatic carbocycles. The first kappa shape index (κ1) is 19.9. The van der Waals surface area contributed by atoms with Gasteiger partial charge in [0.25, 0.3) is 5.91 Å². The maximum Gasteiger partial charge on any atom is 0.262 e. The van der Waals surface area contributed by atoms with E-state index in [0.29, 0.717) is 28.1 Å². The summed E-state index contributed by atoms with van der Waals surface area (Å²) >= 11 is 6.12. The molecule has 0 aromatic heterocycles. The number of aryl methyl sites for hydroxylation is 1. The van der Waals surface area contributed by atoms with Crippen molar-refractivity contribution in [1.82, 2.24) is 0 Å². The Hall–Kier alpha value is -2.40. The number of rotatable bonds is 7. The number of ether oxygens (including phenoxy) is 3. The highest BCUT2D eigenvalue weighted by Crippen LogP contribution is 2.36. The quantitative estimate of drug-likeness (QED) is 0.752. The lowest BCUT2D eigenvalue weighted by molar-refractivity contribution is -0.118. The van der Waals surface area contributed by atoms with Crippen molar-refractivity contribution in [2.75, 3.05) is 26.1 Å². The van der Waals surface area contributed by atoms with E-state index < -0.39 is 0 Å². The summed E-state index contributed by atoms with van der Waals surface area (Å²) in [4.78, 5) is 12.3. The van der Waals surface area contributed by atoms with Crippen molar-refractivity contribution in [2.24, 2.45) is 0 Å². The van der Waals surface area contributed by atoms with Crippen molar-refractivity contribution < 1.29 is 19.0 Å². The molecule has 140 valence electrons. The summed E-state index contributed by atoms with van der Waals surface area (Å²) in [6, 6.07) is 9.21. The molecule has 0 saturated heterocycles. The van der Waals surface area contributed by atoms with E-state index in [1.165, 1.54) is 14.2 Å². The first-order chi connectivity index (χ1) is 12.3. The van der Waals surface area contributed by atoms with Gasteiger partial charge in [-0.05, 0) is 36.1 Å². The highest BCUT2D eigenvalue weighted by molar-refractivity contribution is 6.32. The molecule has 2 aromatic rings. The van der Waals surface area contributed by atoms with Crippen LogP contribution in [0.1, 0.15) is 30.9 Å². The molecule has 1 amide bonds. The van der Waals surface area contributed by atoms with Crippen LogP contribution in [-0.2, 0) is 4.79 Å². The monoisotopic (exact) mass is 377 g/mol. The molecule has 2 rings (SSSR count). The lowest BCUT2D eigenvalue weighted by Crippen LogP contribution is -2.21. The van der Waals surface area contributed by atoms with Crippen LogP contribution in [0.25, 0.3) is 0 Å². The van der Waals surface area contributed by atoms with Gasteiger partial charge < -0.3 is 19.5 Å². The number of halogens is 1. The first-order valence-corrected chi connectivity index (χ1v) is 8.68. The Labute approximate surface area is 159 Å². The Morgan fingerprint density at radius 1 is 1.08 bits per heavy atom. The molecule has 0 bridgehead atoms. The highest BCUT2D eigenvalue weighted by atomic mass is 35.5. The van der Waals surface area contributed by atoms with Gasteiger partial charge in [0.2, 0.25) is 0 Å². The van der Waals surface area contributed by atoms with Crippen LogP contribution < -0.4 is 19.5 Å². The minimum absolute atomic E-state index is 0.115. The van der Waals surface area contributed by atoms with E-state index in [0.717, 1.165) is 16.9 Å². The minimum Gasteiger partial charge on any atom is -0.495 e. The molecule has 6 heteroatoms. The number of methoxy groups -OCH3 is 2. The van der Waals surface area contributed by atoms with Crippen molar-refractivity contribution in [3.05, 3.63) is 46.5 Å². The molecule has 0 aliphatic rings. The van der Waals surface area contributed by atoms with E-state index in [2.05, 4.69) is 19.2 Å². The van der Waals surface area contributed by atoms with E-state index in [4.69, 9.17) is 25.8 Å². The van der Waals surface area contributed by atoms with E-state index in [1.54, 1.807) is 12.1 Å². The number of carbonyl (C=O) groups excluding carboxylic acids is 1. The topological polar surface area (TPSA) is 56.8 Å². The zero-order valence-corrected chi connectivity index (χ0v) is 16.4. The Kier molecular flexibility index (Phi) is 6.75. The molecule has 1 N–H and O–H groups in total. The maximum absolute atomic E-state index is 12.3. The molecule has 26 heavy (non-hydrogen) atoms. The number of carbonyl (C=O) groups is 1. The summed E-state index contributed by atoms with van der Waals surface area (Å²) in [5.41, 5.74) is 2.60. The summed E-state index contributed by atoms with van der Waals surface area (Å²) in [5.74, 6) is 1.64. The third-order valence-electron chi connectivity index (χ3n) is 3.90. The van der Waals surface area contributed by atoms with Crippen molar-refractivity contribution in [3.63, 3.8) is 0 Å². The normalized spacial score (nSPS) is 10.6. The van der Waals surface area contributed by atoms with E-state index in [1.807, 2.05) is 25.1 Å². The fraction of sp³-hybridized carbons (Fsp3) is 0.350. The Morgan fingerprint density at radius 2 is 1.77 bits per heavy atom. The van der Waals surface area contributed by atoms with Gasteiger partial charge >= 0.3 is 0 Å². The summed E-state index contributed by atoms with van der Waals surface area (Å²) in [5, 5.41) is 3.14. The van der Waals surface area contributed by atoms with Gasteiger partial charge in [-0.15, -0.1) is 0 Å². The predicted octanol–water partition coefficient (Wildman–Crippen LogP) is 4.81. The Balaban J connectivity index is 2.11. The van der Waals surface area contributed by atoms with Crippen LogP contribution in [0.2, 0.25) is 5.02 Å². The second kappa shape index (κ2) is 8.81. The van der Waals surface area contributed by atoms with Crippen LogP contribution in [0.5, 0.6) is 17.2 Å². The van der Waals surface area contributed by atoms with Crippen LogP contribution in [0.15, 0.2) is 30.3 Å². The number of hydrogen-bond donors (Lipinski definition) is 1. The largest absolute Gasteiger partial charge is 0.495 e. The molecule has 0 aliphatic heterocycles. The molecule has 2 aromatic carbocycles.